The average Bonchev–Trinajstić information content (AvgIpc) is 2.89. The first-order valence-corrected chi connectivity index (χ1v) is 6.44. The number of nitrogens with zero attached hydrogens (tertiary/aromatic N) is 3. The monoisotopic (exact) mass is 287 g/mol. The molecule has 0 atom stereocenters. The van der Waals surface area contributed by atoms with E-state index in [0.29, 0.717) is 27.7 Å². The van der Waals surface area contributed by atoms with Crippen LogP contribution in [0.4, 0.5) is 4.79 Å². The number of benzene rings is 2. The number of aromatic nitrogens is 1. The maximum Gasteiger partial charge on any atom is 0.416 e. The van der Waals surface area contributed by atoms with Crippen LogP contribution in [0.3, 0.4) is 0 Å². The first-order valence-electron chi connectivity index (χ1n) is 6.44. The Morgan fingerprint density at radius 2 is 1.77 bits per heavy atom. The summed E-state index contributed by atoms with van der Waals surface area (Å²) in [5, 5.41) is 28.5. The molecule has 1 heterocycles. The van der Waals surface area contributed by atoms with Crippen molar-refractivity contribution in [2.45, 2.75) is 0 Å². The van der Waals surface area contributed by atoms with E-state index in [1.807, 2.05) is 12.1 Å². The van der Waals surface area contributed by atoms with Crippen molar-refractivity contribution in [3.8, 4) is 23.4 Å². The van der Waals surface area contributed by atoms with E-state index in [0.717, 1.165) is 4.57 Å². The Labute approximate surface area is 125 Å². The fourth-order valence-electron chi connectivity index (χ4n) is 2.54. The Morgan fingerprint density at radius 1 is 1.05 bits per heavy atom. The molecule has 0 spiro atoms. The van der Waals surface area contributed by atoms with Crippen LogP contribution >= 0.6 is 0 Å². The summed E-state index contributed by atoms with van der Waals surface area (Å²) in [6.07, 6.45) is -1.17. The molecule has 1 aromatic heterocycles. The van der Waals surface area contributed by atoms with Crippen LogP contribution in [0.5, 0.6) is 0 Å². The average molecular weight is 287 g/mol. The van der Waals surface area contributed by atoms with Gasteiger partial charge < -0.3 is 5.11 Å². The normalized spacial score (nSPS) is 10.1. The highest BCUT2D eigenvalue weighted by atomic mass is 16.4. The minimum absolute atomic E-state index is 0.251. The van der Waals surface area contributed by atoms with Crippen LogP contribution in [-0.2, 0) is 0 Å². The molecular weight excluding hydrogens is 278 g/mol. The molecule has 2 aromatic carbocycles. The lowest BCUT2D eigenvalue weighted by Crippen LogP contribution is -2.09. The van der Waals surface area contributed by atoms with Crippen molar-refractivity contribution < 1.29 is 9.90 Å². The quantitative estimate of drug-likeness (QED) is 0.740. The Bertz CT molecular complexity index is 973. The zero-order valence-corrected chi connectivity index (χ0v) is 11.3. The number of fused-ring (bicyclic) bond motifs is 1. The molecule has 0 amide bonds. The molecule has 104 valence electrons. The Morgan fingerprint density at radius 3 is 2.36 bits per heavy atom. The van der Waals surface area contributed by atoms with Gasteiger partial charge in [0.25, 0.3) is 0 Å². The van der Waals surface area contributed by atoms with Gasteiger partial charge in [-0.2, -0.15) is 10.5 Å². The summed E-state index contributed by atoms with van der Waals surface area (Å²) >= 11 is 0. The molecule has 0 bridgehead atoms. The van der Waals surface area contributed by atoms with E-state index in [9.17, 15) is 15.2 Å². The molecule has 1 N–H and O–H groups in total. The van der Waals surface area contributed by atoms with Crippen molar-refractivity contribution in [2.75, 3.05) is 0 Å². The predicted octanol–water partition coefficient (Wildman–Crippen LogP) is 3.58. The highest BCUT2D eigenvalue weighted by Gasteiger charge is 2.22. The van der Waals surface area contributed by atoms with Gasteiger partial charge in [-0.25, -0.2) is 9.36 Å². The van der Waals surface area contributed by atoms with Crippen molar-refractivity contribution in [2.24, 2.45) is 0 Å². The third kappa shape index (κ3) is 1.90. The first kappa shape index (κ1) is 13.4. The van der Waals surface area contributed by atoms with E-state index >= 15 is 0 Å². The second-order valence-corrected chi connectivity index (χ2v) is 4.66. The Balaban J connectivity index is 2.50. The smallest absolute Gasteiger partial charge is 0.416 e. The van der Waals surface area contributed by atoms with Crippen molar-refractivity contribution >= 4 is 17.0 Å². The van der Waals surface area contributed by atoms with E-state index in [4.69, 9.17) is 5.26 Å². The lowest BCUT2D eigenvalue weighted by Gasteiger charge is -2.05. The van der Waals surface area contributed by atoms with Gasteiger partial charge in [-0.3, -0.25) is 0 Å². The fraction of sp³-hybridized carbons (Fsp3) is 0. The van der Waals surface area contributed by atoms with Gasteiger partial charge in [-0.05, 0) is 18.2 Å². The van der Waals surface area contributed by atoms with E-state index in [2.05, 4.69) is 6.07 Å². The zero-order chi connectivity index (χ0) is 15.7. The molecule has 5 nitrogen and oxygen atoms in total. The van der Waals surface area contributed by atoms with Crippen molar-refractivity contribution in [3.63, 3.8) is 0 Å². The maximum atomic E-state index is 11.7. The van der Waals surface area contributed by atoms with Crippen LogP contribution in [0, 0.1) is 22.7 Å². The van der Waals surface area contributed by atoms with Gasteiger partial charge in [0.15, 0.2) is 0 Å². The molecule has 0 aliphatic heterocycles. The summed E-state index contributed by atoms with van der Waals surface area (Å²) in [4.78, 5) is 11.7. The standard InChI is InChI=1S/C17H9N3O2/c18-9-11-6-7-15-13(8-11)14(10-19)16(20(15)17(21)22)12-4-2-1-3-5-12/h1-8H,(H,21,22). The van der Waals surface area contributed by atoms with Gasteiger partial charge in [-0.15, -0.1) is 0 Å². The molecular formula is C17H9N3O2. The Kier molecular flexibility index (Phi) is 3.10. The summed E-state index contributed by atoms with van der Waals surface area (Å²) in [5.41, 5.74) is 1.98. The molecule has 0 saturated carbocycles. The number of carbonyl (C=O) groups is 1. The second kappa shape index (κ2) is 5.08. The topological polar surface area (TPSA) is 89.8 Å². The van der Waals surface area contributed by atoms with E-state index in [1.54, 1.807) is 36.4 Å². The van der Waals surface area contributed by atoms with Crippen molar-refractivity contribution in [1.29, 1.82) is 10.5 Å². The molecule has 0 unspecified atom stereocenters. The Hall–Kier alpha value is -3.57. The van der Waals surface area contributed by atoms with E-state index < -0.39 is 6.09 Å². The van der Waals surface area contributed by atoms with Gasteiger partial charge in [0.05, 0.1) is 28.4 Å². The van der Waals surface area contributed by atoms with Gasteiger partial charge in [-0.1, -0.05) is 30.3 Å². The first-order chi connectivity index (χ1) is 10.7. The molecule has 3 rings (SSSR count). The van der Waals surface area contributed by atoms with Gasteiger partial charge in [0.2, 0.25) is 0 Å². The SMILES string of the molecule is N#Cc1ccc2c(c1)c(C#N)c(-c1ccccc1)n2C(=O)O. The molecule has 0 saturated heterocycles. The van der Waals surface area contributed by atoms with Crippen molar-refractivity contribution in [1.82, 2.24) is 4.57 Å². The largest absolute Gasteiger partial charge is 0.464 e. The number of rotatable bonds is 1. The number of carboxylic acid groups (broad SMARTS) is 1. The van der Waals surface area contributed by atoms with Crippen LogP contribution in [0.15, 0.2) is 48.5 Å². The summed E-state index contributed by atoms with van der Waals surface area (Å²) in [6.45, 7) is 0. The highest BCUT2D eigenvalue weighted by Crippen LogP contribution is 2.33. The van der Waals surface area contributed by atoms with Crippen LogP contribution in [-0.4, -0.2) is 15.8 Å². The summed E-state index contributed by atoms with van der Waals surface area (Å²) < 4.78 is 1.09. The van der Waals surface area contributed by atoms with Crippen molar-refractivity contribution in [3.05, 3.63) is 59.7 Å². The lowest BCUT2D eigenvalue weighted by atomic mass is 10.1. The van der Waals surface area contributed by atoms with Crippen LogP contribution in [0.25, 0.3) is 22.2 Å². The van der Waals surface area contributed by atoms with Crippen LogP contribution in [0.2, 0.25) is 0 Å². The van der Waals surface area contributed by atoms with Gasteiger partial charge >= 0.3 is 6.09 Å². The zero-order valence-electron chi connectivity index (χ0n) is 11.3. The fourth-order valence-corrected chi connectivity index (χ4v) is 2.54. The number of hydrogen-bond acceptors (Lipinski definition) is 3. The number of nitriles is 2. The molecule has 0 fully saturated rings. The van der Waals surface area contributed by atoms with Crippen LogP contribution in [0.1, 0.15) is 11.1 Å². The summed E-state index contributed by atoms with van der Waals surface area (Å²) in [5.74, 6) is 0. The summed E-state index contributed by atoms with van der Waals surface area (Å²) in [7, 11) is 0. The maximum absolute atomic E-state index is 11.7. The predicted molar refractivity (Wildman–Crippen MR) is 80.2 cm³/mol. The molecule has 0 aliphatic carbocycles. The second-order valence-electron chi connectivity index (χ2n) is 4.66. The highest BCUT2D eigenvalue weighted by molar-refractivity contribution is 6.01. The third-order valence-electron chi connectivity index (χ3n) is 3.45. The van der Waals surface area contributed by atoms with E-state index in [-0.39, 0.29) is 5.56 Å². The summed E-state index contributed by atoms with van der Waals surface area (Å²) in [6, 6.07) is 17.6. The lowest BCUT2D eigenvalue weighted by molar-refractivity contribution is 0.198. The minimum Gasteiger partial charge on any atom is -0.464 e. The molecule has 3 aromatic rings. The van der Waals surface area contributed by atoms with Gasteiger partial charge in [0.1, 0.15) is 6.07 Å². The molecule has 0 radical (unpaired) electrons. The minimum atomic E-state index is -1.17. The van der Waals surface area contributed by atoms with Crippen LogP contribution < -0.4 is 0 Å². The van der Waals surface area contributed by atoms with E-state index in [1.165, 1.54) is 6.07 Å². The molecule has 0 aliphatic rings. The third-order valence-corrected chi connectivity index (χ3v) is 3.45. The number of hydrogen-bond donors (Lipinski definition) is 1. The van der Waals surface area contributed by atoms with Gasteiger partial charge in [0, 0.05) is 10.9 Å². The molecule has 5 heteroatoms. The molecule has 22 heavy (non-hydrogen) atoms.